The van der Waals surface area contributed by atoms with Gasteiger partial charge in [-0.05, 0) is 73.2 Å². The lowest BCUT2D eigenvalue weighted by atomic mass is 10.0. The number of aliphatic hydroxyl groups excluding tert-OH is 1. The smallest absolute Gasteiger partial charge is 0.126 e. The molecule has 4 heteroatoms. The van der Waals surface area contributed by atoms with Crippen LogP contribution in [0.25, 0.3) is 10.9 Å². The molecular formula is C21H24N2O2. The third kappa shape index (κ3) is 3.40. The van der Waals surface area contributed by atoms with E-state index in [0.717, 1.165) is 23.5 Å². The van der Waals surface area contributed by atoms with Crippen molar-refractivity contribution in [2.45, 2.75) is 32.6 Å². The third-order valence-corrected chi connectivity index (χ3v) is 5.13. The molecule has 1 aromatic carbocycles. The van der Waals surface area contributed by atoms with Gasteiger partial charge in [-0.2, -0.15) is 0 Å². The summed E-state index contributed by atoms with van der Waals surface area (Å²) in [5.74, 6) is 1.88. The molecule has 4 nitrogen and oxygen atoms in total. The SMILES string of the molecule is Cc1cc(NCC(CO)Cc2ccco2)nc2cc3c(cc12)CCC3. The molecule has 4 rings (SSSR count). The molecule has 0 saturated carbocycles. The zero-order valence-corrected chi connectivity index (χ0v) is 14.6. The number of fused-ring (bicyclic) bond motifs is 2. The van der Waals surface area contributed by atoms with E-state index in [0.29, 0.717) is 6.54 Å². The van der Waals surface area contributed by atoms with Crippen molar-refractivity contribution >= 4 is 16.7 Å². The number of aliphatic hydroxyl groups is 1. The molecule has 0 radical (unpaired) electrons. The van der Waals surface area contributed by atoms with Crippen LogP contribution in [0.4, 0.5) is 5.82 Å². The van der Waals surface area contributed by atoms with Crippen LogP contribution >= 0.6 is 0 Å². The molecule has 2 heterocycles. The molecule has 1 unspecified atom stereocenters. The van der Waals surface area contributed by atoms with Gasteiger partial charge in [0.15, 0.2) is 0 Å². The van der Waals surface area contributed by atoms with E-state index in [1.54, 1.807) is 6.26 Å². The van der Waals surface area contributed by atoms with Crippen LogP contribution in [-0.2, 0) is 19.3 Å². The maximum atomic E-state index is 9.63. The van der Waals surface area contributed by atoms with Gasteiger partial charge in [-0.15, -0.1) is 0 Å². The number of hydrogen-bond donors (Lipinski definition) is 2. The zero-order chi connectivity index (χ0) is 17.2. The fourth-order valence-corrected chi connectivity index (χ4v) is 3.72. The van der Waals surface area contributed by atoms with Crippen LogP contribution < -0.4 is 5.32 Å². The Morgan fingerprint density at radius 2 is 2.08 bits per heavy atom. The summed E-state index contributed by atoms with van der Waals surface area (Å²) in [6.45, 7) is 2.93. The summed E-state index contributed by atoms with van der Waals surface area (Å²) in [7, 11) is 0. The molecule has 1 aliphatic carbocycles. The van der Waals surface area contributed by atoms with Crippen molar-refractivity contribution in [3.8, 4) is 0 Å². The maximum Gasteiger partial charge on any atom is 0.126 e. The summed E-state index contributed by atoms with van der Waals surface area (Å²) in [6.07, 6.45) is 6.00. The average molecular weight is 336 g/mol. The second-order valence-corrected chi connectivity index (χ2v) is 7.03. The monoisotopic (exact) mass is 336 g/mol. The number of aromatic nitrogens is 1. The number of rotatable bonds is 6. The first-order chi connectivity index (χ1) is 12.2. The first kappa shape index (κ1) is 16.2. The summed E-state index contributed by atoms with van der Waals surface area (Å²) in [5.41, 5.74) is 5.24. The zero-order valence-electron chi connectivity index (χ0n) is 14.6. The molecule has 3 aromatic rings. The lowest BCUT2D eigenvalue weighted by Crippen LogP contribution is -2.20. The number of nitrogens with one attached hydrogen (secondary N) is 1. The van der Waals surface area contributed by atoms with Crippen LogP contribution in [0.3, 0.4) is 0 Å². The van der Waals surface area contributed by atoms with E-state index >= 15 is 0 Å². The van der Waals surface area contributed by atoms with Gasteiger partial charge in [0.1, 0.15) is 11.6 Å². The Labute approximate surface area is 147 Å². The molecule has 0 amide bonds. The lowest BCUT2D eigenvalue weighted by Gasteiger charge is -2.15. The first-order valence-electron chi connectivity index (χ1n) is 9.03. The van der Waals surface area contributed by atoms with Crippen LogP contribution in [0.1, 0.15) is 28.9 Å². The number of hydrogen-bond acceptors (Lipinski definition) is 4. The highest BCUT2D eigenvalue weighted by Crippen LogP contribution is 2.29. The fourth-order valence-electron chi connectivity index (χ4n) is 3.72. The van der Waals surface area contributed by atoms with Crippen LogP contribution in [0.5, 0.6) is 0 Å². The second-order valence-electron chi connectivity index (χ2n) is 7.03. The standard InChI is InChI=1S/C21H24N2O2/c1-14-8-21(22-12-15(13-24)9-18-6-3-7-25-18)23-20-11-17-5-2-4-16(17)10-19(14)20/h3,6-8,10-11,15,24H,2,4-5,9,12-13H2,1H3,(H,22,23). The van der Waals surface area contributed by atoms with Gasteiger partial charge in [-0.1, -0.05) is 0 Å². The minimum atomic E-state index is 0.101. The van der Waals surface area contributed by atoms with Crippen molar-refractivity contribution in [2.24, 2.45) is 5.92 Å². The van der Waals surface area contributed by atoms with Crippen LogP contribution in [0.2, 0.25) is 0 Å². The van der Waals surface area contributed by atoms with E-state index < -0.39 is 0 Å². The second kappa shape index (κ2) is 6.89. The van der Waals surface area contributed by atoms with Gasteiger partial charge in [0.05, 0.1) is 11.8 Å². The molecule has 2 N–H and O–H groups in total. The summed E-state index contributed by atoms with van der Waals surface area (Å²) in [5, 5.41) is 14.3. The van der Waals surface area contributed by atoms with Gasteiger partial charge >= 0.3 is 0 Å². The largest absolute Gasteiger partial charge is 0.469 e. The Bertz CT molecular complexity index is 871. The first-order valence-corrected chi connectivity index (χ1v) is 9.03. The number of aryl methyl sites for hydroxylation is 3. The van der Waals surface area contributed by atoms with E-state index in [1.807, 2.05) is 12.1 Å². The molecule has 0 fully saturated rings. The molecule has 2 aromatic heterocycles. The Hall–Kier alpha value is -2.33. The molecular weight excluding hydrogens is 312 g/mol. The van der Waals surface area contributed by atoms with E-state index in [2.05, 4.69) is 30.4 Å². The molecule has 0 spiro atoms. The highest BCUT2D eigenvalue weighted by Gasteiger charge is 2.15. The van der Waals surface area contributed by atoms with Gasteiger partial charge < -0.3 is 14.8 Å². The summed E-state index contributed by atoms with van der Waals surface area (Å²) in [6, 6.07) is 10.5. The number of furan rings is 1. The molecule has 0 aliphatic heterocycles. The predicted octanol–water partition coefficient (Wildman–Crippen LogP) is 3.89. The maximum absolute atomic E-state index is 9.63. The number of benzene rings is 1. The molecule has 0 saturated heterocycles. The van der Waals surface area contributed by atoms with Gasteiger partial charge in [0.25, 0.3) is 0 Å². The minimum absolute atomic E-state index is 0.101. The van der Waals surface area contributed by atoms with E-state index in [9.17, 15) is 5.11 Å². The highest BCUT2D eigenvalue weighted by molar-refractivity contribution is 5.85. The Kier molecular flexibility index (Phi) is 4.45. The van der Waals surface area contributed by atoms with Gasteiger partial charge in [0.2, 0.25) is 0 Å². The predicted molar refractivity (Wildman–Crippen MR) is 100.0 cm³/mol. The number of nitrogens with zero attached hydrogens (tertiary/aromatic N) is 1. The summed E-state index contributed by atoms with van der Waals surface area (Å²) >= 11 is 0. The molecule has 1 atom stereocenters. The van der Waals surface area contributed by atoms with Gasteiger partial charge in [-0.25, -0.2) is 4.98 Å². The summed E-state index contributed by atoms with van der Waals surface area (Å²) in [4.78, 5) is 4.80. The summed E-state index contributed by atoms with van der Waals surface area (Å²) < 4.78 is 5.38. The van der Waals surface area contributed by atoms with Crippen molar-refractivity contribution in [2.75, 3.05) is 18.5 Å². The number of pyridine rings is 1. The van der Waals surface area contributed by atoms with Crippen molar-refractivity contribution in [1.82, 2.24) is 4.98 Å². The van der Waals surface area contributed by atoms with Crippen molar-refractivity contribution in [1.29, 1.82) is 0 Å². The molecule has 1 aliphatic rings. The molecule has 0 bridgehead atoms. The Morgan fingerprint density at radius 3 is 2.84 bits per heavy atom. The minimum Gasteiger partial charge on any atom is -0.469 e. The Balaban J connectivity index is 1.52. The highest BCUT2D eigenvalue weighted by atomic mass is 16.3. The topological polar surface area (TPSA) is 58.3 Å². The van der Waals surface area contributed by atoms with Crippen LogP contribution in [0.15, 0.2) is 41.0 Å². The van der Waals surface area contributed by atoms with Crippen LogP contribution in [-0.4, -0.2) is 23.2 Å². The fraction of sp³-hybridized carbons (Fsp3) is 0.381. The van der Waals surface area contributed by atoms with E-state index in [1.165, 1.54) is 41.3 Å². The Morgan fingerprint density at radius 1 is 1.24 bits per heavy atom. The van der Waals surface area contributed by atoms with Crippen molar-refractivity contribution in [3.05, 3.63) is 59.0 Å². The average Bonchev–Trinajstić information content (AvgIpc) is 3.28. The van der Waals surface area contributed by atoms with Crippen molar-refractivity contribution in [3.63, 3.8) is 0 Å². The number of anilines is 1. The third-order valence-electron chi connectivity index (χ3n) is 5.13. The van der Waals surface area contributed by atoms with E-state index in [-0.39, 0.29) is 12.5 Å². The van der Waals surface area contributed by atoms with Crippen LogP contribution in [0, 0.1) is 12.8 Å². The van der Waals surface area contributed by atoms with Gasteiger partial charge in [0, 0.05) is 30.9 Å². The quantitative estimate of drug-likeness (QED) is 0.717. The van der Waals surface area contributed by atoms with Gasteiger partial charge in [-0.3, -0.25) is 0 Å². The normalized spacial score (nSPS) is 14.6. The lowest BCUT2D eigenvalue weighted by molar-refractivity contribution is 0.226. The molecule has 25 heavy (non-hydrogen) atoms. The van der Waals surface area contributed by atoms with E-state index in [4.69, 9.17) is 9.40 Å². The molecule has 130 valence electrons. The van der Waals surface area contributed by atoms with Crippen molar-refractivity contribution < 1.29 is 9.52 Å².